The van der Waals surface area contributed by atoms with Crippen LogP contribution in [-0.2, 0) is 6.61 Å². The highest BCUT2D eigenvalue weighted by Crippen LogP contribution is 2.35. The molecule has 6 rings (SSSR count). The quantitative estimate of drug-likeness (QED) is 0.0929. The molecule has 0 unspecified atom stereocenters. The zero-order valence-corrected chi connectivity index (χ0v) is 25.9. The topological polar surface area (TPSA) is 127 Å². The van der Waals surface area contributed by atoms with Crippen molar-refractivity contribution < 1.29 is 23.9 Å². The maximum Gasteiger partial charge on any atom is 0.282 e. The van der Waals surface area contributed by atoms with Crippen molar-refractivity contribution >= 4 is 22.8 Å². The fraction of sp³-hybridized carbons (Fsp3) is 0.229. The van der Waals surface area contributed by atoms with Crippen LogP contribution in [0.15, 0.2) is 82.7 Å². The van der Waals surface area contributed by atoms with Gasteiger partial charge in [0.05, 0.1) is 28.6 Å². The minimum absolute atomic E-state index is 0.138. The van der Waals surface area contributed by atoms with E-state index in [0.717, 1.165) is 22.4 Å². The fourth-order valence-corrected chi connectivity index (χ4v) is 5.27. The maximum atomic E-state index is 13.9. The Balaban J connectivity index is 1.45. The van der Waals surface area contributed by atoms with Crippen molar-refractivity contribution in [2.75, 3.05) is 13.4 Å². The zero-order valence-electron chi connectivity index (χ0n) is 25.9. The Labute approximate surface area is 264 Å². The number of aromatic nitrogens is 2. The molecule has 1 aliphatic heterocycles. The number of hydrogen-bond acceptors (Lipinski definition) is 9. The first kappa shape index (κ1) is 30.3. The lowest BCUT2D eigenvalue weighted by atomic mass is 9.96. The molecule has 5 aromatic rings. The first-order valence-corrected chi connectivity index (χ1v) is 14.9. The number of non-ortho nitro benzene ring substituents is 1. The molecule has 0 amide bonds. The van der Waals surface area contributed by atoms with E-state index in [4.69, 9.17) is 23.9 Å². The van der Waals surface area contributed by atoms with Crippen molar-refractivity contribution in [3.05, 3.63) is 116 Å². The maximum absolute atomic E-state index is 13.9. The monoisotopic (exact) mass is 620 g/mol. The number of aryl methyl sites for hydroxylation is 1. The van der Waals surface area contributed by atoms with Crippen LogP contribution in [0.25, 0.3) is 22.3 Å². The lowest BCUT2D eigenvalue weighted by Gasteiger charge is -2.18. The Morgan fingerprint density at radius 2 is 1.83 bits per heavy atom. The highest BCUT2D eigenvalue weighted by atomic mass is 16.7. The van der Waals surface area contributed by atoms with Crippen molar-refractivity contribution in [2.45, 2.75) is 40.2 Å². The van der Waals surface area contributed by atoms with Gasteiger partial charge in [-0.2, -0.15) is 9.78 Å². The van der Waals surface area contributed by atoms with E-state index in [1.54, 1.807) is 24.3 Å². The average molecular weight is 621 g/mol. The zero-order chi connectivity index (χ0) is 32.4. The van der Waals surface area contributed by atoms with Gasteiger partial charge < -0.3 is 18.9 Å². The number of nitro groups is 1. The molecule has 0 saturated heterocycles. The van der Waals surface area contributed by atoms with Crippen LogP contribution in [0.3, 0.4) is 0 Å². The highest BCUT2D eigenvalue weighted by Gasteiger charge is 2.20. The lowest BCUT2D eigenvalue weighted by molar-refractivity contribution is -0.384. The molecule has 2 heterocycles. The summed E-state index contributed by atoms with van der Waals surface area (Å²) in [6, 6.07) is 20.7. The Hall–Kier alpha value is -5.71. The van der Waals surface area contributed by atoms with Crippen LogP contribution in [0.2, 0.25) is 0 Å². The first-order valence-electron chi connectivity index (χ1n) is 14.9. The summed E-state index contributed by atoms with van der Waals surface area (Å²) in [5.41, 5.74) is 3.65. The van der Waals surface area contributed by atoms with Crippen LogP contribution in [0, 0.1) is 17.0 Å². The summed E-state index contributed by atoms with van der Waals surface area (Å²) in [5, 5.41) is 16.7. The van der Waals surface area contributed by atoms with Gasteiger partial charge in [-0.1, -0.05) is 32.0 Å². The predicted octanol–water partition coefficient (Wildman–Crippen LogP) is 6.99. The van der Waals surface area contributed by atoms with Crippen LogP contribution in [0.4, 0.5) is 5.69 Å². The summed E-state index contributed by atoms with van der Waals surface area (Å²) in [5.74, 6) is 2.86. The van der Waals surface area contributed by atoms with E-state index in [1.165, 1.54) is 29.1 Å². The van der Waals surface area contributed by atoms with E-state index >= 15 is 0 Å². The third-order valence-electron chi connectivity index (χ3n) is 7.62. The Morgan fingerprint density at radius 1 is 1.02 bits per heavy atom. The number of fused-ring (bicyclic) bond motifs is 2. The van der Waals surface area contributed by atoms with Gasteiger partial charge in [0.1, 0.15) is 18.1 Å². The van der Waals surface area contributed by atoms with Crippen molar-refractivity contribution in [1.29, 1.82) is 0 Å². The molecular formula is C35H32N4O7. The van der Waals surface area contributed by atoms with E-state index in [0.29, 0.717) is 51.7 Å². The second kappa shape index (κ2) is 12.7. The fourth-order valence-electron chi connectivity index (χ4n) is 5.27. The van der Waals surface area contributed by atoms with E-state index in [2.05, 4.69) is 18.9 Å². The van der Waals surface area contributed by atoms with Crippen LogP contribution in [0.5, 0.6) is 23.0 Å². The third kappa shape index (κ3) is 5.99. The molecule has 0 aliphatic carbocycles. The minimum Gasteiger partial charge on any atom is -0.494 e. The summed E-state index contributed by atoms with van der Waals surface area (Å²) < 4.78 is 24.1. The molecule has 0 fully saturated rings. The van der Waals surface area contributed by atoms with E-state index in [1.807, 2.05) is 44.2 Å². The van der Waals surface area contributed by atoms with Gasteiger partial charge in [0.25, 0.3) is 11.2 Å². The minimum atomic E-state index is -0.495. The third-order valence-corrected chi connectivity index (χ3v) is 7.62. The second-order valence-electron chi connectivity index (χ2n) is 11.1. The molecule has 0 N–H and O–H groups in total. The van der Waals surface area contributed by atoms with Gasteiger partial charge in [-0.3, -0.25) is 14.9 Å². The number of ether oxygens (including phenoxy) is 4. The van der Waals surface area contributed by atoms with E-state index in [-0.39, 0.29) is 30.6 Å². The summed E-state index contributed by atoms with van der Waals surface area (Å²) in [6.45, 7) is 8.84. The van der Waals surface area contributed by atoms with Crippen molar-refractivity contribution in [3.8, 4) is 34.4 Å². The highest BCUT2D eigenvalue weighted by molar-refractivity contribution is 5.85. The summed E-state index contributed by atoms with van der Waals surface area (Å²) in [7, 11) is 0. The molecule has 46 heavy (non-hydrogen) atoms. The molecule has 0 radical (unpaired) electrons. The van der Waals surface area contributed by atoms with E-state index in [9.17, 15) is 14.9 Å². The van der Waals surface area contributed by atoms with Gasteiger partial charge in [0.2, 0.25) is 6.79 Å². The number of rotatable bonds is 10. The van der Waals surface area contributed by atoms with Crippen molar-refractivity contribution in [2.24, 2.45) is 5.10 Å². The number of nitro benzene ring substituents is 1. The lowest BCUT2D eigenvalue weighted by Crippen LogP contribution is -2.21. The van der Waals surface area contributed by atoms with E-state index < -0.39 is 4.92 Å². The molecule has 0 bridgehead atoms. The van der Waals surface area contributed by atoms with Gasteiger partial charge in [-0.05, 0) is 78.9 Å². The molecule has 234 valence electrons. The van der Waals surface area contributed by atoms with Crippen LogP contribution in [0.1, 0.15) is 48.9 Å². The van der Waals surface area contributed by atoms with Crippen LogP contribution < -0.4 is 24.5 Å². The Kier molecular flexibility index (Phi) is 8.39. The van der Waals surface area contributed by atoms with Crippen molar-refractivity contribution in [3.63, 3.8) is 0 Å². The van der Waals surface area contributed by atoms with Gasteiger partial charge in [-0.25, -0.2) is 4.98 Å². The largest absolute Gasteiger partial charge is 0.494 e. The number of nitrogens with zero attached hydrogens (tertiary/aromatic N) is 4. The molecule has 0 atom stereocenters. The molecule has 1 aromatic heterocycles. The molecule has 11 heteroatoms. The van der Waals surface area contributed by atoms with Crippen LogP contribution in [-0.4, -0.2) is 34.2 Å². The Morgan fingerprint density at radius 3 is 2.61 bits per heavy atom. The summed E-state index contributed by atoms with van der Waals surface area (Å²) >= 11 is 0. The summed E-state index contributed by atoms with van der Waals surface area (Å²) in [6.07, 6.45) is 1.39. The Bertz CT molecular complexity index is 2050. The smallest absolute Gasteiger partial charge is 0.282 e. The van der Waals surface area contributed by atoms with Gasteiger partial charge in [-0.15, -0.1) is 0 Å². The normalized spacial score (nSPS) is 12.3. The number of hydrogen-bond donors (Lipinski definition) is 0. The summed E-state index contributed by atoms with van der Waals surface area (Å²) in [4.78, 5) is 30.0. The average Bonchev–Trinajstić information content (AvgIpc) is 3.52. The van der Waals surface area contributed by atoms with Gasteiger partial charge >= 0.3 is 0 Å². The molecular weight excluding hydrogens is 588 g/mol. The van der Waals surface area contributed by atoms with Gasteiger partial charge in [0, 0.05) is 23.3 Å². The molecule has 11 nitrogen and oxygen atoms in total. The standard InChI is InChI=1S/C35H32N4O7/c1-5-43-32-14-22(4)28(17-27(32)21(2)3)34-37-29-9-7-6-8-26(29)35(40)38(34)36-18-24-16-25(39(41)42)11-13-30(24)44-19-23-10-12-31-33(15-23)46-20-45-31/h6-18,21H,5,19-20H2,1-4H3. The number of benzene rings is 4. The predicted molar refractivity (Wildman–Crippen MR) is 174 cm³/mol. The molecule has 1 aliphatic rings. The van der Waals surface area contributed by atoms with Crippen molar-refractivity contribution in [1.82, 2.24) is 9.66 Å². The van der Waals surface area contributed by atoms with Gasteiger partial charge in [0.15, 0.2) is 17.3 Å². The van der Waals surface area contributed by atoms with Crippen LogP contribution >= 0.6 is 0 Å². The first-order chi connectivity index (χ1) is 22.2. The molecule has 0 spiro atoms. The molecule has 4 aromatic carbocycles. The SMILES string of the molecule is CCOc1cc(C)c(-c2nc3ccccc3c(=O)n2N=Cc2cc([N+](=O)[O-])ccc2OCc2ccc3c(c2)OCO3)cc1C(C)C. The second-order valence-corrected chi connectivity index (χ2v) is 11.1. The number of para-hydroxylation sites is 1. The molecule has 0 saturated carbocycles.